The number of fused-ring (bicyclic) bond motifs is 16. The molecule has 0 unspecified atom stereocenters. The van der Waals surface area contributed by atoms with Crippen LogP contribution in [0, 0.1) is 20.8 Å². The lowest BCUT2D eigenvalue weighted by atomic mass is 9.31. The number of rotatable bonds is 10. The summed E-state index contributed by atoms with van der Waals surface area (Å²) < 4.78 is 35.2. The Hall–Kier alpha value is -12.6. The van der Waals surface area contributed by atoms with Crippen LogP contribution in [0.3, 0.4) is 0 Å². The van der Waals surface area contributed by atoms with Gasteiger partial charge in [-0.15, -0.1) is 22.7 Å². The molecular weight excluding hydrogens is 1320 g/mol. The van der Waals surface area contributed by atoms with Crippen LogP contribution in [0.15, 0.2) is 303 Å². The van der Waals surface area contributed by atoms with Gasteiger partial charge >= 0.3 is 0 Å². The van der Waals surface area contributed by atoms with E-state index in [1.165, 1.54) is 30.0 Å². The van der Waals surface area contributed by atoms with Gasteiger partial charge in [0, 0.05) is 128 Å². The summed E-state index contributed by atoms with van der Waals surface area (Å²) in [6.45, 7) is 5.91. The van der Waals surface area contributed by atoms with Gasteiger partial charge in [0.1, 0.15) is 46.0 Å². The van der Waals surface area contributed by atoms with Crippen molar-refractivity contribution in [2.75, 3.05) is 24.9 Å². The van der Waals surface area contributed by atoms with Crippen LogP contribution in [0.4, 0.5) is 79.6 Å². The SMILES string of the molecule is Cc1cc(C)c(N2c3cc4c(cc3B3c5sc6ccccc6c5Oc5cc(N(c6ccccc6)c6ccccc6)cc2c53)B2c3cc5c(cc3Oc3cc(N(c6ccccc6)c6ccccc6)cc(c32)O4)Nc2cc(N(c3ccccc3)c3ccccc3)cc3c2B5c2sc4ccccc4c2O3)c(C)c1. The third-order valence-electron chi connectivity index (χ3n) is 21.8. The van der Waals surface area contributed by atoms with Gasteiger partial charge in [-0.05, 0) is 174 Å². The van der Waals surface area contributed by atoms with E-state index in [0.29, 0.717) is 0 Å². The predicted octanol–water partition coefficient (Wildman–Crippen LogP) is 19.3. The number of anilines is 14. The summed E-state index contributed by atoms with van der Waals surface area (Å²) in [5, 5.41) is 6.29. The molecule has 1 N–H and O–H groups in total. The molecule has 0 amide bonds. The first kappa shape index (κ1) is 60.0. The van der Waals surface area contributed by atoms with Gasteiger partial charge in [-0.1, -0.05) is 163 Å². The number of hydrogen-bond acceptors (Lipinski definition) is 11. The molecule has 0 aliphatic carbocycles. The number of aryl methyl sites for hydroxylation is 3. The summed E-state index contributed by atoms with van der Waals surface area (Å²) in [4.78, 5) is 9.51. The van der Waals surface area contributed by atoms with Crippen molar-refractivity contribution >= 4 is 190 Å². The van der Waals surface area contributed by atoms with E-state index in [9.17, 15) is 0 Å². The minimum atomic E-state index is -0.365. The van der Waals surface area contributed by atoms with Crippen LogP contribution in [-0.2, 0) is 0 Å². The van der Waals surface area contributed by atoms with Gasteiger partial charge in [0.05, 0.1) is 22.7 Å². The molecule has 2 aromatic heterocycles. The minimum absolute atomic E-state index is 0.201. The Labute approximate surface area is 616 Å². The zero-order chi connectivity index (χ0) is 69.3. The van der Waals surface area contributed by atoms with Crippen molar-refractivity contribution in [1.29, 1.82) is 0 Å². The normalized spacial score (nSPS) is 13.2. The van der Waals surface area contributed by atoms with E-state index in [4.69, 9.17) is 18.9 Å². The van der Waals surface area contributed by atoms with Crippen molar-refractivity contribution in [3.63, 3.8) is 0 Å². The van der Waals surface area contributed by atoms with Gasteiger partial charge < -0.3 is 43.9 Å². The Morgan fingerprint density at radius 1 is 0.305 bits per heavy atom. The summed E-state index contributed by atoms with van der Waals surface area (Å²) in [5.74, 6) is 6.43. The fraction of sp³-hybridized carbons (Fsp3) is 0.0330. The van der Waals surface area contributed by atoms with Crippen LogP contribution in [0.1, 0.15) is 16.7 Å². The average molecular weight is 1380 g/mol. The number of hydrogen-bond donors (Lipinski definition) is 1. The van der Waals surface area contributed by atoms with Gasteiger partial charge in [-0.3, -0.25) is 0 Å². The summed E-state index contributed by atoms with van der Waals surface area (Å²) in [7, 11) is 0. The van der Waals surface area contributed by atoms with Crippen molar-refractivity contribution in [3.8, 4) is 46.0 Å². The summed E-state index contributed by atoms with van der Waals surface area (Å²) in [5.41, 5.74) is 25.3. The molecule has 9 nitrogen and oxygen atoms in total. The molecule has 14 aromatic carbocycles. The molecule has 0 bridgehead atoms. The summed E-state index contributed by atoms with van der Waals surface area (Å²) >= 11 is 3.66. The predicted molar refractivity (Wildman–Crippen MR) is 440 cm³/mol. The molecule has 6 aliphatic rings. The average Bonchev–Trinajstić information content (AvgIpc) is 1.54. The summed E-state index contributed by atoms with van der Waals surface area (Å²) in [6, 6.07) is 109. The minimum Gasteiger partial charge on any atom is -0.458 e. The molecule has 494 valence electrons. The lowest BCUT2D eigenvalue weighted by Crippen LogP contribution is -2.63. The molecule has 8 heterocycles. The highest BCUT2D eigenvalue weighted by molar-refractivity contribution is 7.34. The highest BCUT2D eigenvalue weighted by Gasteiger charge is 2.50. The van der Waals surface area contributed by atoms with Crippen LogP contribution in [0.25, 0.3) is 20.2 Å². The Morgan fingerprint density at radius 2 is 0.695 bits per heavy atom. The molecule has 14 heteroatoms. The molecule has 105 heavy (non-hydrogen) atoms. The fourth-order valence-electron chi connectivity index (χ4n) is 17.6. The van der Waals surface area contributed by atoms with E-state index in [0.717, 1.165) is 180 Å². The van der Waals surface area contributed by atoms with Gasteiger partial charge in [-0.25, -0.2) is 0 Å². The van der Waals surface area contributed by atoms with Gasteiger partial charge in [0.2, 0.25) is 0 Å². The van der Waals surface area contributed by atoms with Crippen LogP contribution in [-0.4, -0.2) is 20.1 Å². The number of ether oxygens (including phenoxy) is 4. The molecule has 0 saturated heterocycles. The second kappa shape index (κ2) is 23.2. The third-order valence-corrected chi connectivity index (χ3v) is 24.2. The zero-order valence-corrected chi connectivity index (χ0v) is 59.0. The largest absolute Gasteiger partial charge is 0.458 e. The molecule has 16 aromatic rings. The number of thiophene rings is 2. The number of benzene rings is 14. The maximum atomic E-state index is 7.83. The second-order valence-corrected chi connectivity index (χ2v) is 30.2. The van der Waals surface area contributed by atoms with E-state index in [-0.39, 0.29) is 20.1 Å². The lowest BCUT2D eigenvalue weighted by molar-refractivity contribution is 0.465. The molecule has 0 fully saturated rings. The Morgan fingerprint density at radius 3 is 1.17 bits per heavy atom. The second-order valence-electron chi connectivity index (χ2n) is 28.1. The molecular formula is C91H60B3N5O4S2. The van der Waals surface area contributed by atoms with Crippen molar-refractivity contribution in [2.45, 2.75) is 20.8 Å². The highest BCUT2D eigenvalue weighted by atomic mass is 32.1. The molecule has 0 spiro atoms. The van der Waals surface area contributed by atoms with E-state index in [1.54, 1.807) is 0 Å². The van der Waals surface area contributed by atoms with E-state index >= 15 is 0 Å². The van der Waals surface area contributed by atoms with Crippen LogP contribution in [0.2, 0.25) is 0 Å². The number of nitrogens with zero attached hydrogens (tertiary/aromatic N) is 4. The highest BCUT2D eigenvalue weighted by Crippen LogP contribution is 2.52. The summed E-state index contributed by atoms with van der Waals surface area (Å²) in [6.07, 6.45) is 0. The maximum absolute atomic E-state index is 7.83. The quantitative estimate of drug-likeness (QED) is 0.135. The van der Waals surface area contributed by atoms with Crippen molar-refractivity contribution in [2.24, 2.45) is 0 Å². The first-order valence-electron chi connectivity index (χ1n) is 35.8. The van der Waals surface area contributed by atoms with Gasteiger partial charge in [0.15, 0.2) is 0 Å². The maximum Gasteiger partial charge on any atom is 0.268 e. The Bertz CT molecular complexity index is 6160. The topological polar surface area (TPSA) is 61.9 Å². The number of nitrogens with one attached hydrogen (secondary N) is 1. The zero-order valence-electron chi connectivity index (χ0n) is 57.3. The van der Waals surface area contributed by atoms with Crippen LogP contribution < -0.4 is 91.7 Å². The van der Waals surface area contributed by atoms with Crippen molar-refractivity contribution in [3.05, 3.63) is 320 Å². The Balaban J connectivity index is 0.803. The molecule has 0 atom stereocenters. The molecule has 6 aliphatic heterocycles. The monoisotopic (exact) mass is 1380 g/mol. The van der Waals surface area contributed by atoms with Crippen molar-refractivity contribution < 1.29 is 18.9 Å². The third kappa shape index (κ3) is 9.22. The van der Waals surface area contributed by atoms with E-state index < -0.39 is 0 Å². The number of para-hydroxylation sites is 6. The molecule has 22 rings (SSSR count). The standard InChI is InChI=1S/C91H60B3N5O4S2/c1-54-42-55(2)87(56(3)43-54)99-74-53-77-71(51-69(74)94-85-75(99)45-64(97(59-30-14-6-15-31-59)60-32-16-7-17-33-60)47-79(85)103-89-67-39-23-25-41-83(67)105-91(89)94)92-70-50-68-72(52-76(70)100-80-48-65(49-81(101-77)86(80)92)98(61-34-18-8-19-35-61)62-36-20-9-21-37-62)95-73-44-63(96(57-26-10-4-11-27-57)58-28-12-5-13-29-58)46-78-84(73)93(68)90-88(102-78)66-38-22-24-40-82(66)104-90/h4-53,95H,1-3H3. The fourth-order valence-corrected chi connectivity index (χ4v) is 20.1. The van der Waals surface area contributed by atoms with Crippen LogP contribution >= 0.6 is 22.7 Å². The van der Waals surface area contributed by atoms with E-state index in [1.807, 2.05) is 22.7 Å². The first-order chi connectivity index (χ1) is 51.8. The Kier molecular flexibility index (Phi) is 13.3. The van der Waals surface area contributed by atoms with Crippen LogP contribution in [0.5, 0.6) is 46.0 Å². The first-order valence-corrected chi connectivity index (χ1v) is 37.4. The van der Waals surface area contributed by atoms with Crippen molar-refractivity contribution in [1.82, 2.24) is 0 Å². The molecule has 0 radical (unpaired) electrons. The lowest BCUT2D eigenvalue weighted by Gasteiger charge is -2.43. The molecule has 0 saturated carbocycles. The van der Waals surface area contributed by atoms with Gasteiger partial charge in [-0.2, -0.15) is 0 Å². The van der Waals surface area contributed by atoms with E-state index in [2.05, 4.69) is 349 Å². The smallest absolute Gasteiger partial charge is 0.268 e. The van der Waals surface area contributed by atoms with Gasteiger partial charge in [0.25, 0.3) is 20.1 Å².